The number of pyridine rings is 4. The number of carbonyl (C=O) groups is 3. The first-order valence-electron chi connectivity index (χ1n) is 13.3. The molecule has 0 saturated heterocycles. The zero-order valence-corrected chi connectivity index (χ0v) is 26.2. The highest BCUT2D eigenvalue weighted by molar-refractivity contribution is 5.87. The molecule has 0 radical (unpaired) electrons. The number of esters is 1. The van der Waals surface area contributed by atoms with Crippen LogP contribution in [0.4, 0.5) is 0 Å². The Morgan fingerprint density at radius 3 is 1.47 bits per heavy atom. The van der Waals surface area contributed by atoms with Gasteiger partial charge in [0, 0.05) is 22.8 Å². The Morgan fingerprint density at radius 2 is 1.07 bits per heavy atom. The Morgan fingerprint density at radius 1 is 0.651 bits per heavy atom. The van der Waals surface area contributed by atoms with E-state index in [0.29, 0.717) is 11.4 Å². The first-order valence-corrected chi connectivity index (χ1v) is 13.3. The lowest BCUT2D eigenvalue weighted by Gasteiger charge is -2.00. The predicted molar refractivity (Wildman–Crippen MR) is 164 cm³/mol. The maximum absolute atomic E-state index is 11.0. The highest BCUT2D eigenvalue weighted by Gasteiger charge is 2.07. The maximum Gasteiger partial charge on any atom is 0.356 e. The van der Waals surface area contributed by atoms with E-state index in [1.165, 1.54) is 7.11 Å². The number of carboxylic acid groups (broad SMARTS) is 1. The minimum absolute atomic E-state index is 0.0303. The van der Waals surface area contributed by atoms with E-state index in [9.17, 15) is 14.4 Å². The lowest BCUT2D eigenvalue weighted by molar-refractivity contribution is 0.0592. The van der Waals surface area contributed by atoms with Gasteiger partial charge in [-0.15, -0.1) is 0 Å². The molecular formula is C33H40N4O6. The molecule has 0 aromatic carbocycles. The van der Waals surface area contributed by atoms with Crippen LogP contribution in [0.3, 0.4) is 0 Å². The molecule has 0 unspecified atom stereocenters. The van der Waals surface area contributed by atoms with Gasteiger partial charge in [-0.25, -0.2) is 19.6 Å². The molecule has 228 valence electrons. The smallest absolute Gasteiger partial charge is 0.356 e. The third-order valence-electron chi connectivity index (χ3n) is 5.36. The molecule has 0 atom stereocenters. The number of aromatic carboxylic acids is 1. The van der Waals surface area contributed by atoms with E-state index < -0.39 is 5.97 Å². The summed E-state index contributed by atoms with van der Waals surface area (Å²) in [6.45, 7) is 15.2. The third-order valence-corrected chi connectivity index (χ3v) is 5.36. The van der Waals surface area contributed by atoms with Gasteiger partial charge in [0.25, 0.3) is 0 Å². The van der Waals surface area contributed by atoms with E-state index in [-0.39, 0.29) is 18.3 Å². The summed E-state index contributed by atoms with van der Waals surface area (Å²) in [4.78, 5) is 47.7. The number of aryl methyl sites for hydroxylation is 8. The number of nitrogens with zero attached hydrogens (tertiary/aromatic N) is 4. The molecule has 0 aliphatic carbocycles. The molecule has 10 nitrogen and oxygen atoms in total. The van der Waals surface area contributed by atoms with Gasteiger partial charge in [-0.1, -0.05) is 0 Å². The molecule has 10 heteroatoms. The molecule has 4 aromatic heterocycles. The molecule has 2 N–H and O–H groups in total. The predicted octanol–water partition coefficient (Wildman–Crippen LogP) is 5.58. The summed E-state index contributed by atoms with van der Waals surface area (Å²) in [6, 6.07) is 14.6. The minimum Gasteiger partial charge on any atom is -0.477 e. The fourth-order valence-electron chi connectivity index (χ4n) is 3.94. The summed E-state index contributed by atoms with van der Waals surface area (Å²) in [5.41, 5.74) is 9.33. The lowest BCUT2D eigenvalue weighted by atomic mass is 10.2. The number of aromatic nitrogens is 4. The first kappa shape index (κ1) is 36.2. The Hall–Kier alpha value is -4.83. The van der Waals surface area contributed by atoms with E-state index in [2.05, 4.69) is 24.7 Å². The Bertz CT molecular complexity index is 1470. The van der Waals surface area contributed by atoms with Crippen LogP contribution in [-0.4, -0.2) is 55.5 Å². The minimum atomic E-state index is -0.975. The molecule has 0 spiro atoms. The van der Waals surface area contributed by atoms with Crippen molar-refractivity contribution in [3.05, 3.63) is 116 Å². The molecule has 0 amide bonds. The van der Waals surface area contributed by atoms with Crippen molar-refractivity contribution in [2.75, 3.05) is 7.11 Å². The second-order valence-electron chi connectivity index (χ2n) is 9.90. The quantitative estimate of drug-likeness (QED) is 0.228. The number of hydrogen-bond donors (Lipinski definition) is 2. The fraction of sp³-hybridized carbons (Fsp3) is 0.303. The van der Waals surface area contributed by atoms with Crippen molar-refractivity contribution >= 4 is 18.2 Å². The van der Waals surface area contributed by atoms with Gasteiger partial charge in [0.15, 0.2) is 6.29 Å². The van der Waals surface area contributed by atoms with Crippen molar-refractivity contribution < 1.29 is 29.3 Å². The Kier molecular flexibility index (Phi) is 15.0. The summed E-state index contributed by atoms with van der Waals surface area (Å²) >= 11 is 0. The summed E-state index contributed by atoms with van der Waals surface area (Å²) in [7, 11) is 1.35. The highest BCUT2D eigenvalue weighted by Crippen LogP contribution is 2.06. The van der Waals surface area contributed by atoms with Gasteiger partial charge < -0.3 is 14.9 Å². The third kappa shape index (κ3) is 14.1. The van der Waals surface area contributed by atoms with Gasteiger partial charge in [0.2, 0.25) is 0 Å². The van der Waals surface area contributed by atoms with E-state index in [4.69, 9.17) is 10.2 Å². The number of ether oxygens (including phenoxy) is 1. The number of carbonyl (C=O) groups excluding carboxylic acids is 2. The molecule has 4 rings (SSSR count). The van der Waals surface area contributed by atoms with Crippen LogP contribution in [0, 0.1) is 55.4 Å². The molecule has 43 heavy (non-hydrogen) atoms. The van der Waals surface area contributed by atoms with Crippen LogP contribution in [-0.2, 0) is 11.3 Å². The zero-order chi connectivity index (χ0) is 32.7. The lowest BCUT2D eigenvalue weighted by Crippen LogP contribution is -2.05. The van der Waals surface area contributed by atoms with Gasteiger partial charge in [-0.2, -0.15) is 0 Å². The van der Waals surface area contributed by atoms with E-state index in [1.807, 2.05) is 78.8 Å². The summed E-state index contributed by atoms with van der Waals surface area (Å²) in [5.74, 6) is -1.36. The van der Waals surface area contributed by atoms with Crippen LogP contribution in [0.1, 0.15) is 82.2 Å². The molecule has 0 saturated carbocycles. The zero-order valence-electron chi connectivity index (χ0n) is 26.2. The van der Waals surface area contributed by atoms with Gasteiger partial charge in [0.1, 0.15) is 17.1 Å². The average molecular weight is 589 g/mol. The van der Waals surface area contributed by atoms with Gasteiger partial charge >= 0.3 is 11.9 Å². The summed E-state index contributed by atoms with van der Waals surface area (Å²) in [6.07, 6.45) is 0.764. The van der Waals surface area contributed by atoms with Crippen molar-refractivity contribution in [1.82, 2.24) is 19.9 Å². The van der Waals surface area contributed by atoms with Crippen molar-refractivity contribution in [2.24, 2.45) is 0 Å². The van der Waals surface area contributed by atoms with Crippen LogP contribution < -0.4 is 0 Å². The number of methoxy groups -OCH3 is 1. The van der Waals surface area contributed by atoms with Crippen molar-refractivity contribution in [3.63, 3.8) is 0 Å². The molecule has 4 aromatic rings. The number of carboxylic acids is 1. The number of aldehydes is 1. The SMILES string of the molecule is COC(=O)c1cc(C)cc(C)n1.Cc1cc(C)nc(C(=O)O)c1.Cc1cc(C)nc(C=O)c1.Cc1cc(C)nc(CO)c1. The van der Waals surface area contributed by atoms with E-state index >= 15 is 0 Å². The highest BCUT2D eigenvalue weighted by atomic mass is 16.5. The van der Waals surface area contributed by atoms with Gasteiger partial charge in [-0.3, -0.25) is 14.8 Å². The molecule has 0 aliphatic heterocycles. The number of aliphatic hydroxyl groups excluding tert-OH is 1. The van der Waals surface area contributed by atoms with Gasteiger partial charge in [0.05, 0.1) is 19.4 Å². The first-order chi connectivity index (χ1) is 20.2. The van der Waals surface area contributed by atoms with Crippen LogP contribution in [0.25, 0.3) is 0 Å². The molecule has 4 heterocycles. The van der Waals surface area contributed by atoms with Crippen molar-refractivity contribution in [1.29, 1.82) is 0 Å². The maximum atomic E-state index is 11.0. The number of hydrogen-bond acceptors (Lipinski definition) is 9. The van der Waals surface area contributed by atoms with Gasteiger partial charge in [-0.05, 0) is 126 Å². The standard InChI is InChI=1S/C9H11NO2.C8H9NO2.C8H11NO.C8H9NO/c1-6-4-7(2)10-8(5-6)9(11)12-3;1-5-3-6(2)9-7(4-5)8(10)11;2*1-6-3-7(2)9-8(4-6)5-10/h4-5H,1-3H3;3-4H,1-2H3,(H,10,11);3-4,10H,5H2,1-2H3;3-5H,1-2H3. The van der Waals surface area contributed by atoms with Crippen LogP contribution in [0.5, 0.6) is 0 Å². The second kappa shape index (κ2) is 17.9. The van der Waals surface area contributed by atoms with E-state index in [0.717, 1.165) is 57.0 Å². The normalized spacial score (nSPS) is 9.63. The van der Waals surface area contributed by atoms with Crippen LogP contribution in [0.2, 0.25) is 0 Å². The topological polar surface area (TPSA) is 152 Å². The monoisotopic (exact) mass is 588 g/mol. The number of rotatable bonds is 4. The van der Waals surface area contributed by atoms with Crippen LogP contribution >= 0.6 is 0 Å². The molecule has 0 bridgehead atoms. The Balaban J connectivity index is 0.000000287. The largest absolute Gasteiger partial charge is 0.477 e. The van der Waals surface area contributed by atoms with Crippen molar-refractivity contribution in [2.45, 2.75) is 62.0 Å². The summed E-state index contributed by atoms with van der Waals surface area (Å²) in [5, 5.41) is 17.3. The summed E-state index contributed by atoms with van der Waals surface area (Å²) < 4.78 is 4.54. The Labute approximate surface area is 252 Å². The molecule has 0 fully saturated rings. The average Bonchev–Trinajstić information content (AvgIpc) is 2.91. The fourth-order valence-corrected chi connectivity index (χ4v) is 3.94. The van der Waals surface area contributed by atoms with Crippen LogP contribution in [0.15, 0.2) is 48.5 Å². The number of aliphatic hydroxyl groups is 1. The van der Waals surface area contributed by atoms with Crippen molar-refractivity contribution in [3.8, 4) is 0 Å². The second-order valence-corrected chi connectivity index (χ2v) is 9.90. The van der Waals surface area contributed by atoms with E-state index in [1.54, 1.807) is 25.1 Å². The molecular weight excluding hydrogens is 548 g/mol. The molecule has 0 aliphatic rings.